The third-order valence-electron chi connectivity index (χ3n) is 4.39. The average molecular weight is 413 g/mol. The molecule has 1 aromatic rings. The van der Waals surface area contributed by atoms with E-state index in [1.165, 1.54) is 32.4 Å². The van der Waals surface area contributed by atoms with E-state index in [0.717, 1.165) is 34.8 Å². The monoisotopic (exact) mass is 412 g/mol. The van der Waals surface area contributed by atoms with Crippen LogP contribution in [0.25, 0.3) is 0 Å². The Morgan fingerprint density at radius 3 is 2.44 bits per heavy atom. The maximum atomic E-state index is 5.37. The number of hydrogen-bond donors (Lipinski definition) is 2. The largest absolute Gasteiger partial charge is 0.493 e. The molecule has 1 aliphatic heterocycles. The van der Waals surface area contributed by atoms with Gasteiger partial charge in [0.05, 0.1) is 14.2 Å². The minimum atomic E-state index is 0.643. The summed E-state index contributed by atoms with van der Waals surface area (Å²) in [6.07, 6.45) is 4.01. The second kappa shape index (κ2) is 10.5. The van der Waals surface area contributed by atoms with Gasteiger partial charge in [-0.1, -0.05) is 22.4 Å². The van der Waals surface area contributed by atoms with Gasteiger partial charge in [0, 0.05) is 31.2 Å². The van der Waals surface area contributed by atoms with E-state index in [1.807, 2.05) is 12.1 Å². The lowest BCUT2D eigenvalue weighted by Gasteiger charge is -2.26. The molecule has 1 saturated heterocycles. The van der Waals surface area contributed by atoms with Gasteiger partial charge in [0.1, 0.15) is 0 Å². The summed E-state index contributed by atoms with van der Waals surface area (Å²) in [6.45, 7) is 5.02. The Morgan fingerprint density at radius 1 is 1.12 bits per heavy atom. The number of rotatable bonds is 7. The molecular formula is C18H29BrN4O2. The van der Waals surface area contributed by atoms with E-state index in [1.54, 1.807) is 21.3 Å². The van der Waals surface area contributed by atoms with E-state index in [9.17, 15) is 0 Å². The third-order valence-corrected chi connectivity index (χ3v) is 5.13. The van der Waals surface area contributed by atoms with Crippen molar-refractivity contribution in [3.8, 4) is 11.5 Å². The van der Waals surface area contributed by atoms with Crippen LogP contribution in [0.4, 0.5) is 0 Å². The molecule has 0 radical (unpaired) electrons. The highest BCUT2D eigenvalue weighted by Gasteiger charge is 2.11. The minimum absolute atomic E-state index is 0.643. The van der Waals surface area contributed by atoms with Crippen molar-refractivity contribution in [2.75, 3.05) is 47.4 Å². The van der Waals surface area contributed by atoms with E-state index in [4.69, 9.17) is 9.47 Å². The lowest BCUT2D eigenvalue weighted by Crippen LogP contribution is -2.42. The summed E-state index contributed by atoms with van der Waals surface area (Å²) in [5.74, 6) is 2.23. The predicted molar refractivity (Wildman–Crippen MR) is 106 cm³/mol. The van der Waals surface area contributed by atoms with Crippen molar-refractivity contribution >= 4 is 21.9 Å². The van der Waals surface area contributed by atoms with Gasteiger partial charge in [0.25, 0.3) is 0 Å². The number of hydrogen-bond acceptors (Lipinski definition) is 4. The van der Waals surface area contributed by atoms with Gasteiger partial charge in [-0.2, -0.15) is 0 Å². The quantitative estimate of drug-likeness (QED) is 0.532. The lowest BCUT2D eigenvalue weighted by atomic mass is 10.1. The fourth-order valence-electron chi connectivity index (χ4n) is 2.95. The van der Waals surface area contributed by atoms with Gasteiger partial charge in [0.15, 0.2) is 17.5 Å². The number of nitrogens with zero attached hydrogens (tertiary/aromatic N) is 2. The van der Waals surface area contributed by atoms with Gasteiger partial charge in [-0.25, -0.2) is 0 Å². The van der Waals surface area contributed by atoms with Gasteiger partial charge < -0.3 is 25.0 Å². The van der Waals surface area contributed by atoms with Crippen molar-refractivity contribution < 1.29 is 9.47 Å². The molecule has 1 aromatic carbocycles. The van der Waals surface area contributed by atoms with Gasteiger partial charge in [0.2, 0.25) is 0 Å². The molecule has 1 fully saturated rings. The molecule has 0 bridgehead atoms. The Morgan fingerprint density at radius 2 is 1.80 bits per heavy atom. The molecule has 0 aromatic heterocycles. The molecule has 0 atom stereocenters. The first-order valence-corrected chi connectivity index (χ1v) is 9.54. The van der Waals surface area contributed by atoms with Crippen LogP contribution in [0.1, 0.15) is 24.8 Å². The molecule has 2 N–H and O–H groups in total. The number of halogens is 1. The molecule has 0 unspecified atom stereocenters. The van der Waals surface area contributed by atoms with E-state index in [0.29, 0.717) is 12.3 Å². The summed E-state index contributed by atoms with van der Waals surface area (Å²) >= 11 is 3.59. The molecule has 1 heterocycles. The van der Waals surface area contributed by atoms with E-state index in [-0.39, 0.29) is 0 Å². The van der Waals surface area contributed by atoms with E-state index < -0.39 is 0 Å². The topological polar surface area (TPSA) is 58.1 Å². The number of guanidine groups is 1. The molecule has 0 aliphatic carbocycles. The van der Waals surface area contributed by atoms with Crippen LogP contribution in [0.5, 0.6) is 11.5 Å². The Bertz CT molecular complexity index is 574. The van der Waals surface area contributed by atoms with Crippen molar-refractivity contribution in [3.63, 3.8) is 0 Å². The average Bonchev–Trinajstić information content (AvgIpc) is 2.65. The summed E-state index contributed by atoms with van der Waals surface area (Å²) in [4.78, 5) is 6.81. The highest BCUT2D eigenvalue weighted by atomic mass is 79.9. The molecule has 1 aliphatic rings. The molecule has 0 amide bonds. The normalized spacial score (nSPS) is 15.8. The number of likely N-dealkylation sites (tertiary alicyclic amines) is 1. The first-order chi connectivity index (χ1) is 12.2. The fourth-order valence-corrected chi connectivity index (χ4v) is 3.41. The summed E-state index contributed by atoms with van der Waals surface area (Å²) in [5.41, 5.74) is 1.08. The molecule has 140 valence electrons. The van der Waals surface area contributed by atoms with Crippen molar-refractivity contribution in [1.29, 1.82) is 0 Å². The first-order valence-electron chi connectivity index (χ1n) is 8.75. The number of piperidine rings is 1. The molecule has 0 spiro atoms. The van der Waals surface area contributed by atoms with Crippen LogP contribution in [0.2, 0.25) is 0 Å². The zero-order valence-corrected chi connectivity index (χ0v) is 17.0. The molecule has 25 heavy (non-hydrogen) atoms. The zero-order chi connectivity index (χ0) is 18.1. The second-order valence-corrected chi connectivity index (χ2v) is 6.91. The zero-order valence-electron chi connectivity index (χ0n) is 15.4. The standard InChI is InChI=1S/C18H29BrN4O2/c1-20-18(21-7-10-23-8-5-4-6-9-23)22-13-14-11-16(24-2)17(25-3)12-15(14)19/h11-12H,4-10,13H2,1-3H3,(H2,20,21,22). The summed E-state index contributed by atoms with van der Waals surface area (Å²) in [5, 5.41) is 6.73. The number of nitrogens with one attached hydrogen (secondary N) is 2. The Kier molecular flexibility index (Phi) is 8.34. The van der Waals surface area contributed by atoms with Crippen LogP contribution in [-0.4, -0.2) is 58.3 Å². The van der Waals surface area contributed by atoms with Crippen LogP contribution in [0, 0.1) is 0 Å². The van der Waals surface area contributed by atoms with Crippen LogP contribution in [0.3, 0.4) is 0 Å². The van der Waals surface area contributed by atoms with Crippen molar-refractivity contribution in [2.24, 2.45) is 4.99 Å². The van der Waals surface area contributed by atoms with Gasteiger partial charge >= 0.3 is 0 Å². The predicted octanol–water partition coefficient (Wildman–Crippen LogP) is 2.62. The Labute approximate surface area is 159 Å². The SMILES string of the molecule is CN=C(NCCN1CCCCC1)NCc1cc(OC)c(OC)cc1Br. The summed E-state index contributed by atoms with van der Waals surface area (Å²) in [6, 6.07) is 3.89. The smallest absolute Gasteiger partial charge is 0.191 e. The number of benzene rings is 1. The van der Waals surface area contributed by atoms with Crippen LogP contribution in [-0.2, 0) is 6.54 Å². The maximum absolute atomic E-state index is 5.37. The summed E-state index contributed by atoms with van der Waals surface area (Å²) in [7, 11) is 5.07. The lowest BCUT2D eigenvalue weighted by molar-refractivity contribution is 0.232. The summed E-state index contributed by atoms with van der Waals surface area (Å²) < 4.78 is 11.7. The first kappa shape index (κ1) is 19.8. The maximum Gasteiger partial charge on any atom is 0.191 e. The van der Waals surface area contributed by atoms with Crippen molar-refractivity contribution in [2.45, 2.75) is 25.8 Å². The highest BCUT2D eigenvalue weighted by Crippen LogP contribution is 2.33. The molecule has 0 saturated carbocycles. The molecule has 7 heteroatoms. The van der Waals surface area contributed by atoms with Crippen molar-refractivity contribution in [1.82, 2.24) is 15.5 Å². The third kappa shape index (κ3) is 6.08. The van der Waals surface area contributed by atoms with Crippen molar-refractivity contribution in [3.05, 3.63) is 22.2 Å². The number of ether oxygens (including phenoxy) is 2. The number of aliphatic imine (C=N–C) groups is 1. The van der Waals surface area contributed by atoms with Gasteiger partial charge in [-0.15, -0.1) is 0 Å². The molecule has 2 rings (SSSR count). The van der Waals surface area contributed by atoms with Gasteiger partial charge in [-0.3, -0.25) is 4.99 Å². The minimum Gasteiger partial charge on any atom is -0.493 e. The van der Waals surface area contributed by atoms with Crippen LogP contribution in [0.15, 0.2) is 21.6 Å². The van der Waals surface area contributed by atoms with Gasteiger partial charge in [-0.05, 0) is 43.6 Å². The Balaban J connectivity index is 1.83. The second-order valence-electron chi connectivity index (χ2n) is 6.05. The van der Waals surface area contributed by atoms with Crippen LogP contribution < -0.4 is 20.1 Å². The van der Waals surface area contributed by atoms with E-state index in [2.05, 4.69) is 36.5 Å². The van der Waals surface area contributed by atoms with Crippen LogP contribution >= 0.6 is 15.9 Å². The fraction of sp³-hybridized carbons (Fsp3) is 0.611. The molecular weight excluding hydrogens is 384 g/mol. The molecule has 6 nitrogen and oxygen atoms in total. The van der Waals surface area contributed by atoms with E-state index >= 15 is 0 Å². The Hall–Kier alpha value is -1.47. The number of methoxy groups -OCH3 is 2. The highest BCUT2D eigenvalue weighted by molar-refractivity contribution is 9.10.